The highest BCUT2D eigenvalue weighted by Gasteiger charge is 2.17. The molecule has 3 heterocycles. The number of rotatable bonds is 7. The molecular formula is C38H41N5O3. The van der Waals surface area contributed by atoms with E-state index in [0.717, 1.165) is 46.9 Å². The van der Waals surface area contributed by atoms with Gasteiger partial charge in [0.25, 0.3) is 5.91 Å². The summed E-state index contributed by atoms with van der Waals surface area (Å²) >= 11 is 0. The number of carbonyl (C=O) groups is 1. The fraction of sp³-hybridized carbons (Fsp3) is 0.316. The molecular weight excluding hydrogens is 574 g/mol. The number of carbonyl (C=O) groups excluding carboxylic acids is 1. The molecule has 46 heavy (non-hydrogen) atoms. The van der Waals surface area contributed by atoms with Crippen LogP contribution in [-0.4, -0.2) is 42.1 Å². The number of amides is 1. The molecule has 0 radical (unpaired) electrons. The van der Waals surface area contributed by atoms with Crippen molar-refractivity contribution >= 4 is 22.8 Å². The Hall–Kier alpha value is -5.16. The summed E-state index contributed by atoms with van der Waals surface area (Å²) in [6.07, 6.45) is 4.68. The highest BCUT2D eigenvalue weighted by atomic mass is 16.5. The summed E-state index contributed by atoms with van der Waals surface area (Å²) in [5, 5.41) is 11.8. The zero-order valence-corrected chi connectivity index (χ0v) is 27.4. The number of nitrogens with one attached hydrogen (secondary N) is 1. The van der Waals surface area contributed by atoms with E-state index in [1.54, 1.807) is 37.4 Å². The van der Waals surface area contributed by atoms with E-state index in [0.29, 0.717) is 28.1 Å². The van der Waals surface area contributed by atoms with E-state index in [2.05, 4.69) is 91.2 Å². The second-order valence-corrected chi connectivity index (χ2v) is 12.1. The summed E-state index contributed by atoms with van der Waals surface area (Å²) in [5.41, 5.74) is 7.73. The van der Waals surface area contributed by atoms with E-state index in [9.17, 15) is 10.1 Å². The van der Waals surface area contributed by atoms with Gasteiger partial charge < -0.3 is 19.4 Å². The Morgan fingerprint density at radius 1 is 0.978 bits per heavy atom. The number of anilines is 1. The topological polar surface area (TPSA) is 104 Å². The maximum atomic E-state index is 11.6. The lowest BCUT2D eigenvalue weighted by Crippen LogP contribution is -2.18. The van der Waals surface area contributed by atoms with Crippen molar-refractivity contribution in [1.82, 2.24) is 15.3 Å². The summed E-state index contributed by atoms with van der Waals surface area (Å²) in [6.45, 7) is 12.6. The molecule has 8 heteroatoms. The van der Waals surface area contributed by atoms with Gasteiger partial charge in [-0.2, -0.15) is 5.26 Å². The van der Waals surface area contributed by atoms with Gasteiger partial charge in [0, 0.05) is 54.2 Å². The van der Waals surface area contributed by atoms with Crippen LogP contribution in [0.2, 0.25) is 0 Å². The Balaban J connectivity index is 0.000000182. The third-order valence-electron chi connectivity index (χ3n) is 7.88. The number of hydrogen-bond acceptors (Lipinski definition) is 7. The molecule has 1 aliphatic rings. The molecule has 0 bridgehead atoms. The number of fused-ring (bicyclic) bond motifs is 1. The van der Waals surface area contributed by atoms with E-state index in [1.807, 2.05) is 12.3 Å². The maximum absolute atomic E-state index is 11.6. The number of ether oxygens (including phenoxy) is 1. The van der Waals surface area contributed by atoms with Crippen LogP contribution in [0.1, 0.15) is 73.5 Å². The first kappa shape index (κ1) is 32.2. The third kappa shape index (κ3) is 7.37. The number of benzene rings is 3. The first-order valence-electron chi connectivity index (χ1n) is 15.8. The predicted molar refractivity (Wildman–Crippen MR) is 183 cm³/mol. The molecule has 1 saturated heterocycles. The normalized spacial score (nSPS) is 12.6. The van der Waals surface area contributed by atoms with Gasteiger partial charge >= 0.3 is 0 Å². The lowest BCUT2D eigenvalue weighted by atomic mass is 10.00. The standard InChI is InChI=1S/C19H17N3O2.C19H24N2O/c1-11(2)15-8-12(10-20)9-16-17(15)24-19(22-16)14-6-4-13(5-7-14)18(23)21-3;1-14(2)22-18-8-6-15(3)12-17(18)16-7-9-19(20-13-16)21-10-4-5-11-21/h4-9,11H,1-3H3,(H,21,23);6-9,12-14H,4-5,10-11H2,1-3H3. The van der Waals surface area contributed by atoms with Gasteiger partial charge in [0.1, 0.15) is 17.1 Å². The molecule has 0 aliphatic carbocycles. The third-order valence-corrected chi connectivity index (χ3v) is 7.88. The highest BCUT2D eigenvalue weighted by Crippen LogP contribution is 2.33. The van der Waals surface area contributed by atoms with Gasteiger partial charge in [0.15, 0.2) is 5.58 Å². The zero-order valence-electron chi connectivity index (χ0n) is 27.4. The van der Waals surface area contributed by atoms with Crippen LogP contribution in [0, 0.1) is 18.3 Å². The molecule has 0 unspecified atom stereocenters. The maximum Gasteiger partial charge on any atom is 0.251 e. The number of pyridine rings is 1. The molecule has 3 aromatic carbocycles. The summed E-state index contributed by atoms with van der Waals surface area (Å²) < 4.78 is 11.9. The number of aryl methyl sites for hydroxylation is 1. The van der Waals surface area contributed by atoms with Gasteiger partial charge in [-0.15, -0.1) is 0 Å². The average molecular weight is 616 g/mol. The van der Waals surface area contributed by atoms with Crippen LogP contribution < -0.4 is 15.0 Å². The van der Waals surface area contributed by atoms with Crippen LogP contribution >= 0.6 is 0 Å². The van der Waals surface area contributed by atoms with Gasteiger partial charge in [0.05, 0.1) is 17.7 Å². The van der Waals surface area contributed by atoms with E-state index in [4.69, 9.17) is 9.15 Å². The second-order valence-electron chi connectivity index (χ2n) is 12.1. The SMILES string of the molecule is CNC(=O)c1ccc(-c2nc3cc(C#N)cc(C(C)C)c3o2)cc1.Cc1ccc(OC(C)C)c(-c2ccc(N3CCCC3)nc2)c1. The molecule has 8 nitrogen and oxygen atoms in total. The summed E-state index contributed by atoms with van der Waals surface area (Å²) in [7, 11) is 1.59. The molecule has 5 aromatic rings. The first-order valence-corrected chi connectivity index (χ1v) is 15.8. The molecule has 1 aliphatic heterocycles. The van der Waals surface area contributed by atoms with E-state index >= 15 is 0 Å². The fourth-order valence-electron chi connectivity index (χ4n) is 5.49. The predicted octanol–water partition coefficient (Wildman–Crippen LogP) is 8.29. The first-order chi connectivity index (χ1) is 22.2. The van der Waals surface area contributed by atoms with Crippen LogP contribution in [-0.2, 0) is 0 Å². The number of nitrogens with zero attached hydrogens (tertiary/aromatic N) is 4. The molecule has 1 amide bonds. The summed E-state index contributed by atoms with van der Waals surface area (Å²) in [4.78, 5) is 23.1. The minimum Gasteiger partial charge on any atom is -0.490 e. The van der Waals surface area contributed by atoms with Crippen molar-refractivity contribution in [2.24, 2.45) is 0 Å². The van der Waals surface area contributed by atoms with Crippen LogP contribution in [0.5, 0.6) is 5.75 Å². The van der Waals surface area contributed by atoms with Gasteiger partial charge in [-0.05, 0) is 100 Å². The molecule has 2 aromatic heterocycles. The van der Waals surface area contributed by atoms with Gasteiger partial charge in [-0.25, -0.2) is 9.97 Å². The average Bonchev–Trinajstić information content (AvgIpc) is 3.76. The Bertz CT molecular complexity index is 1850. The highest BCUT2D eigenvalue weighted by molar-refractivity contribution is 5.94. The van der Waals surface area contributed by atoms with E-state index in [-0.39, 0.29) is 17.9 Å². The number of aromatic nitrogens is 2. The van der Waals surface area contributed by atoms with Crippen molar-refractivity contribution in [3.8, 4) is 34.4 Å². The van der Waals surface area contributed by atoms with Crippen molar-refractivity contribution in [1.29, 1.82) is 5.26 Å². The quantitative estimate of drug-likeness (QED) is 0.196. The Kier molecular flexibility index (Phi) is 10.0. The van der Waals surface area contributed by atoms with Crippen molar-refractivity contribution in [2.45, 2.75) is 59.5 Å². The number of nitriles is 1. The minimum absolute atomic E-state index is 0.139. The molecule has 0 atom stereocenters. The van der Waals surface area contributed by atoms with Gasteiger partial charge in [0.2, 0.25) is 5.89 Å². The Labute approximate surface area is 271 Å². The van der Waals surface area contributed by atoms with Crippen molar-refractivity contribution < 1.29 is 13.9 Å². The monoisotopic (exact) mass is 615 g/mol. The minimum atomic E-state index is -0.139. The molecule has 0 saturated carbocycles. The van der Waals surface area contributed by atoms with E-state index < -0.39 is 0 Å². The molecule has 236 valence electrons. The van der Waals surface area contributed by atoms with Crippen molar-refractivity contribution in [3.05, 3.63) is 95.2 Å². The van der Waals surface area contributed by atoms with Crippen LogP contribution in [0.25, 0.3) is 33.7 Å². The van der Waals surface area contributed by atoms with Crippen molar-refractivity contribution in [3.63, 3.8) is 0 Å². The van der Waals surface area contributed by atoms with Crippen LogP contribution in [0.4, 0.5) is 5.82 Å². The molecule has 6 rings (SSSR count). The van der Waals surface area contributed by atoms with Gasteiger partial charge in [-0.1, -0.05) is 25.5 Å². The number of oxazole rings is 1. The Morgan fingerprint density at radius 3 is 2.30 bits per heavy atom. The fourth-order valence-corrected chi connectivity index (χ4v) is 5.49. The van der Waals surface area contributed by atoms with Crippen LogP contribution in [0.3, 0.4) is 0 Å². The largest absolute Gasteiger partial charge is 0.490 e. The smallest absolute Gasteiger partial charge is 0.251 e. The molecule has 1 fully saturated rings. The van der Waals surface area contributed by atoms with Gasteiger partial charge in [-0.3, -0.25) is 4.79 Å². The second kappa shape index (κ2) is 14.3. The Morgan fingerprint density at radius 2 is 1.70 bits per heavy atom. The lowest BCUT2D eigenvalue weighted by Gasteiger charge is -2.18. The number of hydrogen-bond donors (Lipinski definition) is 1. The molecule has 1 N–H and O–H groups in total. The van der Waals surface area contributed by atoms with Crippen molar-refractivity contribution in [2.75, 3.05) is 25.0 Å². The lowest BCUT2D eigenvalue weighted by molar-refractivity contribution is 0.0963. The zero-order chi connectivity index (χ0) is 32.8. The van der Waals surface area contributed by atoms with Crippen LogP contribution in [0.15, 0.2) is 77.3 Å². The summed E-state index contributed by atoms with van der Waals surface area (Å²) in [5.74, 6) is 2.57. The van der Waals surface area contributed by atoms with E-state index in [1.165, 1.54) is 18.4 Å². The molecule has 0 spiro atoms. The summed E-state index contributed by atoms with van der Waals surface area (Å²) in [6, 6.07) is 23.4.